The molecule has 1 aliphatic rings. The van der Waals surface area contributed by atoms with Crippen molar-refractivity contribution >= 4 is 27.1 Å². The molecular formula is C28H33Cl2Zr. The fraction of sp³-hybridized carbons (Fsp3) is 0.393. The number of benzene rings is 2. The molecule has 3 aromatic carbocycles. The first-order valence-corrected chi connectivity index (χ1v) is 10.5. The fourth-order valence-electron chi connectivity index (χ4n) is 5.05. The minimum Gasteiger partial charge on any atom is -1.00 e. The van der Waals surface area contributed by atoms with E-state index >= 15 is 0 Å². The van der Waals surface area contributed by atoms with Gasteiger partial charge in [-0.25, -0.2) is 0 Å². The molecule has 0 saturated carbocycles. The van der Waals surface area contributed by atoms with Crippen LogP contribution < -0.4 is 24.8 Å². The maximum absolute atomic E-state index is 2.47. The molecule has 31 heavy (non-hydrogen) atoms. The predicted molar refractivity (Wildman–Crippen MR) is 126 cm³/mol. The molecule has 163 valence electrons. The maximum Gasteiger partial charge on any atom is 3.00 e. The fourth-order valence-corrected chi connectivity index (χ4v) is 5.05. The van der Waals surface area contributed by atoms with Gasteiger partial charge in [0.05, 0.1) is 0 Å². The predicted octanol–water partition coefficient (Wildman–Crippen LogP) is 2.27. The van der Waals surface area contributed by atoms with Crippen LogP contribution in [-0.4, -0.2) is 0 Å². The standard InChI is InChI=1S/C28H33.2ClH.Zr/c1-17-13-20-14-23-22(21(20)15-24(17)27(3,4)5)16-25(28(6,7)8)18(2)26(23)19-11-9-10-12-19;;;/h9-11,13-16H,12H2,1-8H3;2*1H;/q-1;;;+3/p-2. The molecule has 0 nitrogen and oxygen atoms in total. The van der Waals surface area contributed by atoms with E-state index in [-0.39, 0.29) is 61.8 Å². The van der Waals surface area contributed by atoms with Gasteiger partial charge in [-0.1, -0.05) is 105 Å². The molecule has 0 fully saturated rings. The van der Waals surface area contributed by atoms with Crippen LogP contribution in [0.25, 0.3) is 27.1 Å². The van der Waals surface area contributed by atoms with Crippen molar-refractivity contribution in [3.8, 4) is 0 Å². The Bertz CT molecular complexity index is 1160. The van der Waals surface area contributed by atoms with Gasteiger partial charge in [-0.05, 0) is 31.1 Å². The molecule has 0 amide bonds. The van der Waals surface area contributed by atoms with Gasteiger partial charge in [-0.15, -0.1) is 33.7 Å². The molecule has 0 unspecified atom stereocenters. The van der Waals surface area contributed by atoms with E-state index in [4.69, 9.17) is 0 Å². The molecule has 0 saturated heterocycles. The van der Waals surface area contributed by atoms with E-state index in [2.05, 4.69) is 97.9 Å². The third-order valence-electron chi connectivity index (χ3n) is 6.32. The van der Waals surface area contributed by atoms with Gasteiger partial charge < -0.3 is 24.8 Å². The van der Waals surface area contributed by atoms with Gasteiger partial charge in [-0.2, -0.15) is 0 Å². The van der Waals surface area contributed by atoms with E-state index in [1.54, 1.807) is 0 Å². The summed E-state index contributed by atoms with van der Waals surface area (Å²) in [5.41, 5.74) is 8.95. The van der Waals surface area contributed by atoms with Gasteiger partial charge in [0.2, 0.25) is 0 Å². The van der Waals surface area contributed by atoms with Crippen molar-refractivity contribution in [2.75, 3.05) is 0 Å². The number of fused-ring (bicyclic) bond motifs is 3. The first kappa shape index (κ1) is 28.3. The molecule has 3 aromatic rings. The van der Waals surface area contributed by atoms with E-state index in [1.807, 2.05) is 0 Å². The number of aryl methyl sites for hydroxylation is 1. The molecule has 0 N–H and O–H groups in total. The topological polar surface area (TPSA) is 0 Å². The summed E-state index contributed by atoms with van der Waals surface area (Å²) in [5, 5.41) is 5.61. The van der Waals surface area contributed by atoms with Crippen LogP contribution in [-0.2, 0) is 37.0 Å². The zero-order valence-electron chi connectivity index (χ0n) is 20.0. The van der Waals surface area contributed by atoms with Crippen molar-refractivity contribution in [1.29, 1.82) is 0 Å². The van der Waals surface area contributed by atoms with Crippen LogP contribution in [0.15, 0.2) is 42.5 Å². The van der Waals surface area contributed by atoms with E-state index < -0.39 is 0 Å². The third kappa shape index (κ3) is 4.95. The second-order valence-electron chi connectivity index (χ2n) is 10.6. The monoisotopic (exact) mass is 529 g/mol. The largest absolute Gasteiger partial charge is 3.00 e. The normalized spacial score (nSPS) is 13.6. The number of hydrogen-bond donors (Lipinski definition) is 0. The van der Waals surface area contributed by atoms with Crippen LogP contribution in [0.2, 0.25) is 0 Å². The van der Waals surface area contributed by atoms with Crippen LogP contribution in [0.1, 0.15) is 75.8 Å². The molecule has 1 radical (unpaired) electrons. The SMILES string of the molecule is Cc1cc2[cH-]c3c(C4=CC=CC4)c(C)c(C(C)(C)C)cc3c2cc1C(C)(C)C.[Cl-].[Cl-].[Zr+3]. The summed E-state index contributed by atoms with van der Waals surface area (Å²) in [6, 6.07) is 9.76. The van der Waals surface area contributed by atoms with Crippen LogP contribution in [0.5, 0.6) is 0 Å². The van der Waals surface area contributed by atoms with Gasteiger partial charge in [0.25, 0.3) is 0 Å². The summed E-state index contributed by atoms with van der Waals surface area (Å²) in [4.78, 5) is 0. The van der Waals surface area contributed by atoms with Gasteiger partial charge in [0, 0.05) is 0 Å². The zero-order chi connectivity index (χ0) is 20.4. The van der Waals surface area contributed by atoms with E-state index in [0.29, 0.717) is 0 Å². The van der Waals surface area contributed by atoms with Gasteiger partial charge in [-0.3, -0.25) is 0 Å². The van der Waals surface area contributed by atoms with Gasteiger partial charge in [0.1, 0.15) is 0 Å². The minimum absolute atomic E-state index is 0. The Morgan fingerprint density at radius 2 is 1.39 bits per heavy atom. The number of halogens is 2. The maximum atomic E-state index is 2.47. The quantitative estimate of drug-likeness (QED) is 0.423. The summed E-state index contributed by atoms with van der Waals surface area (Å²) in [6.45, 7) is 18.5. The first-order chi connectivity index (χ1) is 13.0. The number of rotatable bonds is 1. The molecule has 1 aliphatic carbocycles. The molecule has 0 heterocycles. The van der Waals surface area contributed by atoms with Gasteiger partial charge in [0.15, 0.2) is 0 Å². The van der Waals surface area contributed by atoms with E-state index in [1.165, 1.54) is 54.9 Å². The van der Waals surface area contributed by atoms with Crippen LogP contribution in [0.3, 0.4) is 0 Å². The summed E-state index contributed by atoms with van der Waals surface area (Å²) < 4.78 is 0. The average Bonchev–Trinajstić information content (AvgIpc) is 3.18. The van der Waals surface area contributed by atoms with E-state index in [9.17, 15) is 0 Å². The Labute approximate surface area is 219 Å². The van der Waals surface area contributed by atoms with E-state index in [0.717, 1.165) is 6.42 Å². The molecule has 4 rings (SSSR count). The Hall–Kier alpha value is -0.747. The second kappa shape index (κ2) is 9.63. The molecule has 0 bridgehead atoms. The molecular weight excluding hydrogens is 498 g/mol. The van der Waals surface area contributed by atoms with Gasteiger partial charge >= 0.3 is 26.2 Å². The molecule has 3 heteroatoms. The molecule has 0 atom stereocenters. The molecule has 0 aliphatic heterocycles. The summed E-state index contributed by atoms with van der Waals surface area (Å²) in [5.74, 6) is 0. The van der Waals surface area contributed by atoms with Crippen LogP contribution in [0, 0.1) is 13.8 Å². The minimum atomic E-state index is 0. The van der Waals surface area contributed by atoms with Crippen molar-refractivity contribution in [3.63, 3.8) is 0 Å². The van der Waals surface area contributed by atoms with Crippen molar-refractivity contribution in [2.45, 2.75) is 72.6 Å². The average molecular weight is 532 g/mol. The summed E-state index contributed by atoms with van der Waals surface area (Å²) in [6.07, 6.45) is 7.82. The summed E-state index contributed by atoms with van der Waals surface area (Å²) >= 11 is 0. The Balaban J connectivity index is 0.00000160. The number of allylic oxidation sites excluding steroid dienone is 4. The summed E-state index contributed by atoms with van der Waals surface area (Å²) in [7, 11) is 0. The molecule has 0 aromatic heterocycles. The Morgan fingerprint density at radius 1 is 0.806 bits per heavy atom. The zero-order valence-corrected chi connectivity index (χ0v) is 24.0. The van der Waals surface area contributed by atoms with Crippen LogP contribution in [0.4, 0.5) is 0 Å². The second-order valence-corrected chi connectivity index (χ2v) is 10.6. The Morgan fingerprint density at radius 3 is 1.90 bits per heavy atom. The van der Waals surface area contributed by atoms with Crippen LogP contribution >= 0.6 is 0 Å². The Kier molecular flexibility index (Phi) is 8.78. The van der Waals surface area contributed by atoms with Crippen molar-refractivity contribution < 1.29 is 51.0 Å². The van der Waals surface area contributed by atoms with Crippen molar-refractivity contribution in [2.24, 2.45) is 0 Å². The smallest absolute Gasteiger partial charge is 1.00 e. The third-order valence-corrected chi connectivity index (χ3v) is 6.32. The van der Waals surface area contributed by atoms with Crippen molar-refractivity contribution in [1.82, 2.24) is 0 Å². The number of hydrogen-bond acceptors (Lipinski definition) is 0. The van der Waals surface area contributed by atoms with Crippen molar-refractivity contribution in [3.05, 3.63) is 70.3 Å². The molecule has 0 spiro atoms. The first-order valence-electron chi connectivity index (χ1n) is 10.5.